The van der Waals surface area contributed by atoms with Crippen LogP contribution in [0.2, 0.25) is 0 Å². The van der Waals surface area contributed by atoms with E-state index in [4.69, 9.17) is 9.47 Å². The number of rotatable bonds is 1. The highest BCUT2D eigenvalue weighted by Crippen LogP contribution is 2.41. The largest absolute Gasteiger partial charge is 0.469 e. The Balaban J connectivity index is 1.94. The van der Waals surface area contributed by atoms with Crippen molar-refractivity contribution in [3.05, 3.63) is 0 Å². The summed E-state index contributed by atoms with van der Waals surface area (Å²) in [5, 5.41) is 3.21. The molecule has 1 spiro atoms. The number of carbonyl (C=O) groups is 2. The molecule has 2 saturated heterocycles. The predicted molar refractivity (Wildman–Crippen MR) is 68.6 cm³/mol. The standard InChI is InChI=1S/C13H22N2O4/c1-12(2,3)19-11(17)15-7-13(8-15)6-14-5-9(13)10(16)18-4/h9,14H,5-8H2,1-4H3/t9-/m1/s1. The van der Waals surface area contributed by atoms with E-state index in [-0.39, 0.29) is 23.4 Å². The highest BCUT2D eigenvalue weighted by molar-refractivity contribution is 5.76. The minimum Gasteiger partial charge on any atom is -0.469 e. The molecule has 1 atom stereocenters. The van der Waals surface area contributed by atoms with Crippen molar-refractivity contribution in [2.75, 3.05) is 33.3 Å². The molecule has 19 heavy (non-hydrogen) atoms. The SMILES string of the molecule is COC(=O)[C@H]1CNCC12CN(C(=O)OC(C)(C)C)C2. The third-order valence-electron chi connectivity index (χ3n) is 3.71. The zero-order valence-corrected chi connectivity index (χ0v) is 12.0. The molecule has 108 valence electrons. The van der Waals surface area contributed by atoms with Crippen LogP contribution in [0.3, 0.4) is 0 Å². The van der Waals surface area contributed by atoms with Crippen LogP contribution in [0.15, 0.2) is 0 Å². The molecule has 0 aromatic heterocycles. The predicted octanol–water partition coefficient (Wildman–Crippen LogP) is 0.616. The van der Waals surface area contributed by atoms with Gasteiger partial charge in [0.15, 0.2) is 0 Å². The Kier molecular flexibility index (Phi) is 3.47. The monoisotopic (exact) mass is 270 g/mol. The third-order valence-corrected chi connectivity index (χ3v) is 3.71. The van der Waals surface area contributed by atoms with Gasteiger partial charge in [0.05, 0.1) is 13.0 Å². The molecule has 0 aromatic rings. The summed E-state index contributed by atoms with van der Waals surface area (Å²) in [6.07, 6.45) is -0.311. The van der Waals surface area contributed by atoms with Crippen LogP contribution in [0, 0.1) is 11.3 Å². The third kappa shape index (κ3) is 2.68. The number of methoxy groups -OCH3 is 1. The van der Waals surface area contributed by atoms with E-state index in [9.17, 15) is 9.59 Å². The molecular weight excluding hydrogens is 248 g/mol. The van der Waals surface area contributed by atoms with Crippen LogP contribution in [-0.2, 0) is 14.3 Å². The van der Waals surface area contributed by atoms with E-state index in [1.807, 2.05) is 20.8 Å². The molecule has 6 nitrogen and oxygen atoms in total. The van der Waals surface area contributed by atoms with Crippen LogP contribution in [0.5, 0.6) is 0 Å². The molecule has 1 amide bonds. The summed E-state index contributed by atoms with van der Waals surface area (Å²) in [7, 11) is 1.40. The molecule has 2 fully saturated rings. The first kappa shape index (κ1) is 14.1. The zero-order chi connectivity index (χ0) is 14.3. The lowest BCUT2D eigenvalue weighted by Crippen LogP contribution is -2.63. The van der Waals surface area contributed by atoms with Crippen LogP contribution in [0.4, 0.5) is 4.79 Å². The Morgan fingerprint density at radius 3 is 2.47 bits per heavy atom. The summed E-state index contributed by atoms with van der Waals surface area (Å²) in [6.45, 7) is 7.99. The van der Waals surface area contributed by atoms with E-state index in [1.54, 1.807) is 4.90 Å². The average Bonchev–Trinajstić information content (AvgIpc) is 2.67. The number of ether oxygens (including phenoxy) is 2. The molecule has 2 rings (SSSR count). The van der Waals surface area contributed by atoms with Crippen LogP contribution in [-0.4, -0.2) is 55.9 Å². The average molecular weight is 270 g/mol. The first-order valence-electron chi connectivity index (χ1n) is 6.54. The molecule has 0 saturated carbocycles. The summed E-state index contributed by atoms with van der Waals surface area (Å²) in [4.78, 5) is 25.3. The van der Waals surface area contributed by atoms with E-state index >= 15 is 0 Å². The molecular formula is C13H22N2O4. The Hall–Kier alpha value is -1.30. The lowest BCUT2D eigenvalue weighted by atomic mass is 9.72. The molecule has 6 heteroatoms. The zero-order valence-electron chi connectivity index (χ0n) is 12.0. The minimum atomic E-state index is -0.491. The summed E-state index contributed by atoms with van der Waals surface area (Å²) < 4.78 is 10.1. The summed E-state index contributed by atoms with van der Waals surface area (Å²) in [5.74, 6) is -0.370. The maximum Gasteiger partial charge on any atom is 0.410 e. The molecule has 0 aromatic carbocycles. The number of likely N-dealkylation sites (tertiary alicyclic amines) is 1. The van der Waals surface area contributed by atoms with Crippen LogP contribution < -0.4 is 5.32 Å². The van der Waals surface area contributed by atoms with Gasteiger partial charge in [0.2, 0.25) is 0 Å². The number of esters is 1. The molecule has 0 unspecified atom stereocenters. The number of nitrogens with one attached hydrogen (secondary N) is 1. The highest BCUT2D eigenvalue weighted by Gasteiger charge is 2.56. The summed E-state index contributed by atoms with van der Waals surface area (Å²) >= 11 is 0. The quantitative estimate of drug-likeness (QED) is 0.707. The Morgan fingerprint density at radius 2 is 1.95 bits per heavy atom. The van der Waals surface area contributed by atoms with Gasteiger partial charge < -0.3 is 19.7 Å². The fourth-order valence-corrected chi connectivity index (χ4v) is 2.78. The van der Waals surface area contributed by atoms with Crippen LogP contribution in [0.25, 0.3) is 0 Å². The normalized spacial score (nSPS) is 25.1. The van der Waals surface area contributed by atoms with Gasteiger partial charge in [-0.1, -0.05) is 0 Å². The Morgan fingerprint density at radius 1 is 1.32 bits per heavy atom. The Bertz CT molecular complexity index is 383. The van der Waals surface area contributed by atoms with Gasteiger partial charge >= 0.3 is 12.1 Å². The van der Waals surface area contributed by atoms with Gasteiger partial charge in [-0.3, -0.25) is 4.79 Å². The van der Waals surface area contributed by atoms with Crippen molar-refractivity contribution in [2.24, 2.45) is 11.3 Å². The van der Waals surface area contributed by atoms with Crippen molar-refractivity contribution in [1.82, 2.24) is 10.2 Å². The van der Waals surface area contributed by atoms with Gasteiger partial charge in [0.25, 0.3) is 0 Å². The van der Waals surface area contributed by atoms with Gasteiger partial charge in [0.1, 0.15) is 5.60 Å². The van der Waals surface area contributed by atoms with E-state index in [2.05, 4.69) is 5.32 Å². The van der Waals surface area contributed by atoms with Gasteiger partial charge in [0, 0.05) is 31.6 Å². The first-order valence-corrected chi connectivity index (χ1v) is 6.54. The summed E-state index contributed by atoms with van der Waals surface area (Å²) in [6, 6.07) is 0. The maximum absolute atomic E-state index is 11.9. The van der Waals surface area contributed by atoms with Crippen molar-refractivity contribution < 1.29 is 19.1 Å². The number of hydrogen-bond donors (Lipinski definition) is 1. The fourth-order valence-electron chi connectivity index (χ4n) is 2.78. The lowest BCUT2D eigenvalue weighted by molar-refractivity contribution is -0.153. The number of amides is 1. The number of nitrogens with zero attached hydrogens (tertiary/aromatic N) is 1. The second kappa shape index (κ2) is 4.67. The number of carbonyl (C=O) groups excluding carboxylic acids is 2. The van der Waals surface area contributed by atoms with Crippen LogP contribution >= 0.6 is 0 Å². The van der Waals surface area contributed by atoms with Crippen molar-refractivity contribution in [2.45, 2.75) is 26.4 Å². The van der Waals surface area contributed by atoms with Gasteiger partial charge in [-0.15, -0.1) is 0 Å². The Labute approximate surface area is 113 Å². The molecule has 2 aliphatic rings. The second-order valence-electron chi connectivity index (χ2n) is 6.41. The summed E-state index contributed by atoms with van der Waals surface area (Å²) in [5.41, 5.74) is -0.667. The molecule has 0 aliphatic carbocycles. The van der Waals surface area contributed by atoms with Crippen molar-refractivity contribution in [1.29, 1.82) is 0 Å². The minimum absolute atomic E-state index is 0.170. The van der Waals surface area contributed by atoms with Crippen molar-refractivity contribution in [3.63, 3.8) is 0 Å². The number of hydrogen-bond acceptors (Lipinski definition) is 5. The molecule has 0 radical (unpaired) electrons. The van der Waals surface area contributed by atoms with Gasteiger partial charge in [-0.25, -0.2) is 4.79 Å². The van der Waals surface area contributed by atoms with Crippen molar-refractivity contribution >= 4 is 12.1 Å². The van der Waals surface area contributed by atoms with Crippen LogP contribution in [0.1, 0.15) is 20.8 Å². The van der Waals surface area contributed by atoms with E-state index in [0.717, 1.165) is 6.54 Å². The van der Waals surface area contributed by atoms with E-state index in [0.29, 0.717) is 19.6 Å². The molecule has 2 aliphatic heterocycles. The molecule has 1 N–H and O–H groups in total. The maximum atomic E-state index is 11.9. The highest BCUT2D eigenvalue weighted by atomic mass is 16.6. The smallest absolute Gasteiger partial charge is 0.410 e. The first-order chi connectivity index (χ1) is 8.77. The second-order valence-corrected chi connectivity index (χ2v) is 6.41. The molecule has 0 bridgehead atoms. The van der Waals surface area contributed by atoms with E-state index in [1.165, 1.54) is 7.11 Å². The van der Waals surface area contributed by atoms with E-state index < -0.39 is 5.60 Å². The lowest BCUT2D eigenvalue weighted by Gasteiger charge is -2.49. The molecule has 2 heterocycles. The topological polar surface area (TPSA) is 67.9 Å². The van der Waals surface area contributed by atoms with Gasteiger partial charge in [-0.2, -0.15) is 0 Å². The van der Waals surface area contributed by atoms with Crippen molar-refractivity contribution in [3.8, 4) is 0 Å². The fraction of sp³-hybridized carbons (Fsp3) is 0.846. The van der Waals surface area contributed by atoms with Gasteiger partial charge in [-0.05, 0) is 20.8 Å².